The summed E-state index contributed by atoms with van der Waals surface area (Å²) in [7, 11) is 0. The van der Waals surface area contributed by atoms with Gasteiger partial charge in [0.15, 0.2) is 5.84 Å². The first-order valence-corrected chi connectivity index (χ1v) is 3.75. The van der Waals surface area contributed by atoms with Crippen molar-refractivity contribution in [3.63, 3.8) is 0 Å². The predicted molar refractivity (Wildman–Crippen MR) is 44.4 cm³/mol. The maximum absolute atomic E-state index is 4.02. The molecule has 0 aromatic carbocycles. The summed E-state index contributed by atoms with van der Waals surface area (Å²) >= 11 is 0. The molecular formula is C7H14N4. The molecule has 0 aliphatic carbocycles. The maximum Gasteiger partial charge on any atom is 0.170 e. The van der Waals surface area contributed by atoms with Crippen molar-refractivity contribution in [1.29, 1.82) is 0 Å². The van der Waals surface area contributed by atoms with E-state index in [2.05, 4.69) is 41.5 Å². The first-order chi connectivity index (χ1) is 5.08. The minimum absolute atomic E-state index is 0.233. The molecule has 0 spiro atoms. The molecule has 0 saturated heterocycles. The Labute approximate surface area is 66.8 Å². The average molecular weight is 154 g/mol. The van der Waals surface area contributed by atoms with E-state index < -0.39 is 0 Å². The summed E-state index contributed by atoms with van der Waals surface area (Å²) < 4.78 is 0. The number of rotatable bonds is 1. The molecular weight excluding hydrogens is 140 g/mol. The van der Waals surface area contributed by atoms with Gasteiger partial charge in [-0.3, -0.25) is 5.43 Å². The minimum atomic E-state index is 0.233. The lowest BCUT2D eigenvalue weighted by Crippen LogP contribution is -2.18. The van der Waals surface area contributed by atoms with Gasteiger partial charge in [0.2, 0.25) is 0 Å². The minimum Gasteiger partial charge on any atom is -0.285 e. The van der Waals surface area contributed by atoms with Crippen LogP contribution in [0.1, 0.15) is 27.2 Å². The summed E-state index contributed by atoms with van der Waals surface area (Å²) in [5.74, 6) is 0.795. The molecule has 62 valence electrons. The van der Waals surface area contributed by atoms with Crippen LogP contribution in [0.3, 0.4) is 0 Å². The highest BCUT2D eigenvalue weighted by Crippen LogP contribution is 2.19. The molecule has 4 nitrogen and oxygen atoms in total. The van der Waals surface area contributed by atoms with Crippen LogP contribution in [0, 0.1) is 5.41 Å². The molecule has 0 radical (unpaired) electrons. The van der Waals surface area contributed by atoms with E-state index in [0.29, 0.717) is 6.67 Å². The van der Waals surface area contributed by atoms with Crippen molar-refractivity contribution in [2.75, 3.05) is 6.67 Å². The summed E-state index contributed by atoms with van der Waals surface area (Å²) in [5.41, 5.74) is 3.02. The number of hydrogen-bond acceptors (Lipinski definition) is 4. The molecule has 0 bridgehead atoms. The van der Waals surface area contributed by atoms with Crippen molar-refractivity contribution in [2.45, 2.75) is 27.2 Å². The summed E-state index contributed by atoms with van der Waals surface area (Å²) in [6.07, 6.45) is 0.865. The molecule has 0 saturated carbocycles. The SMILES string of the molecule is CC(C)(C)CC1=NNCN=N1. The highest BCUT2D eigenvalue weighted by Gasteiger charge is 2.15. The van der Waals surface area contributed by atoms with Crippen LogP contribution in [-0.4, -0.2) is 12.5 Å². The van der Waals surface area contributed by atoms with Gasteiger partial charge in [0.1, 0.15) is 6.67 Å². The zero-order valence-electron chi connectivity index (χ0n) is 7.26. The van der Waals surface area contributed by atoms with Gasteiger partial charge in [0.05, 0.1) is 0 Å². The zero-order valence-corrected chi connectivity index (χ0v) is 7.26. The summed E-state index contributed by atoms with van der Waals surface area (Å²) in [6.45, 7) is 6.96. The Balaban J connectivity index is 2.49. The Morgan fingerprint density at radius 3 is 2.64 bits per heavy atom. The molecule has 0 atom stereocenters. The molecule has 1 rings (SSSR count). The molecule has 1 aliphatic heterocycles. The topological polar surface area (TPSA) is 49.1 Å². The molecule has 1 N–H and O–H groups in total. The summed E-state index contributed by atoms with van der Waals surface area (Å²) in [6, 6.07) is 0. The third-order valence-electron chi connectivity index (χ3n) is 1.22. The van der Waals surface area contributed by atoms with E-state index in [4.69, 9.17) is 0 Å². The van der Waals surface area contributed by atoms with E-state index in [1.54, 1.807) is 0 Å². The standard InChI is InChI=1S/C7H14N4/c1-7(2,3)4-6-10-8-5-9-11-6/h8H,4-5H2,1-3H3. The number of azo groups is 1. The second kappa shape index (κ2) is 2.98. The fraction of sp³-hybridized carbons (Fsp3) is 0.857. The second-order valence-electron chi connectivity index (χ2n) is 3.82. The van der Waals surface area contributed by atoms with Crippen LogP contribution in [0.25, 0.3) is 0 Å². The van der Waals surface area contributed by atoms with Crippen molar-refractivity contribution in [3.8, 4) is 0 Å². The Bertz CT molecular complexity index is 187. The van der Waals surface area contributed by atoms with Gasteiger partial charge >= 0.3 is 0 Å². The van der Waals surface area contributed by atoms with E-state index in [0.717, 1.165) is 12.3 Å². The Hall–Kier alpha value is -0.930. The smallest absolute Gasteiger partial charge is 0.170 e. The fourth-order valence-electron chi connectivity index (χ4n) is 0.847. The number of nitrogens with one attached hydrogen (secondary N) is 1. The van der Waals surface area contributed by atoms with Crippen LogP contribution in [-0.2, 0) is 0 Å². The highest BCUT2D eigenvalue weighted by atomic mass is 15.4. The van der Waals surface area contributed by atoms with Crippen molar-refractivity contribution in [2.24, 2.45) is 20.7 Å². The van der Waals surface area contributed by atoms with E-state index in [1.807, 2.05) is 0 Å². The number of amidine groups is 1. The monoisotopic (exact) mass is 154 g/mol. The van der Waals surface area contributed by atoms with Crippen LogP contribution in [0.15, 0.2) is 15.3 Å². The van der Waals surface area contributed by atoms with Gasteiger partial charge in [0, 0.05) is 6.42 Å². The summed E-state index contributed by atoms with van der Waals surface area (Å²) in [4.78, 5) is 0. The molecule has 4 heteroatoms. The maximum atomic E-state index is 4.02. The van der Waals surface area contributed by atoms with Crippen LogP contribution in [0.2, 0.25) is 0 Å². The molecule has 0 aromatic heterocycles. The lowest BCUT2D eigenvalue weighted by molar-refractivity contribution is 0.429. The number of nitrogens with zero attached hydrogens (tertiary/aromatic N) is 3. The van der Waals surface area contributed by atoms with Gasteiger partial charge in [-0.05, 0) is 5.41 Å². The van der Waals surface area contributed by atoms with Gasteiger partial charge in [-0.2, -0.15) is 10.2 Å². The predicted octanol–water partition coefficient (Wildman–Crippen LogP) is 1.75. The fourth-order valence-corrected chi connectivity index (χ4v) is 0.847. The summed E-state index contributed by atoms with van der Waals surface area (Å²) in [5, 5.41) is 11.8. The van der Waals surface area contributed by atoms with Crippen molar-refractivity contribution >= 4 is 5.84 Å². The van der Waals surface area contributed by atoms with Crippen LogP contribution in [0.5, 0.6) is 0 Å². The third kappa shape index (κ3) is 3.11. The number of hydrogen-bond donors (Lipinski definition) is 1. The van der Waals surface area contributed by atoms with Crippen molar-refractivity contribution < 1.29 is 0 Å². The molecule has 0 amide bonds. The Morgan fingerprint density at radius 1 is 1.45 bits per heavy atom. The molecule has 0 fully saturated rings. The molecule has 1 aliphatic rings. The zero-order chi connectivity index (χ0) is 8.32. The average Bonchev–Trinajstić information content (AvgIpc) is 1.85. The van der Waals surface area contributed by atoms with E-state index in [9.17, 15) is 0 Å². The van der Waals surface area contributed by atoms with Crippen molar-refractivity contribution in [1.82, 2.24) is 5.43 Å². The van der Waals surface area contributed by atoms with E-state index in [-0.39, 0.29) is 5.41 Å². The third-order valence-corrected chi connectivity index (χ3v) is 1.22. The van der Waals surface area contributed by atoms with Gasteiger partial charge in [-0.1, -0.05) is 20.8 Å². The van der Waals surface area contributed by atoms with Gasteiger partial charge < -0.3 is 0 Å². The van der Waals surface area contributed by atoms with Crippen LogP contribution in [0.4, 0.5) is 0 Å². The first kappa shape index (κ1) is 8.17. The quantitative estimate of drug-likeness (QED) is 0.614. The van der Waals surface area contributed by atoms with Crippen molar-refractivity contribution in [3.05, 3.63) is 0 Å². The van der Waals surface area contributed by atoms with E-state index in [1.165, 1.54) is 0 Å². The van der Waals surface area contributed by atoms with Gasteiger partial charge in [-0.15, -0.1) is 5.11 Å². The first-order valence-electron chi connectivity index (χ1n) is 3.75. The Morgan fingerprint density at radius 2 is 2.18 bits per heavy atom. The molecule has 0 unspecified atom stereocenters. The molecule has 1 heterocycles. The van der Waals surface area contributed by atoms with Gasteiger partial charge in [0.25, 0.3) is 0 Å². The highest BCUT2D eigenvalue weighted by molar-refractivity contribution is 5.83. The normalized spacial score (nSPS) is 17.5. The Kier molecular flexibility index (Phi) is 2.22. The van der Waals surface area contributed by atoms with Crippen LogP contribution < -0.4 is 5.43 Å². The van der Waals surface area contributed by atoms with Crippen LogP contribution >= 0.6 is 0 Å². The second-order valence-corrected chi connectivity index (χ2v) is 3.82. The number of hydrazone groups is 1. The lowest BCUT2D eigenvalue weighted by Gasteiger charge is -2.17. The molecule has 0 aromatic rings. The lowest BCUT2D eigenvalue weighted by atomic mass is 9.92. The van der Waals surface area contributed by atoms with Gasteiger partial charge in [-0.25, -0.2) is 0 Å². The molecule has 11 heavy (non-hydrogen) atoms. The van der Waals surface area contributed by atoms with E-state index >= 15 is 0 Å². The largest absolute Gasteiger partial charge is 0.285 e.